The molecule has 0 aliphatic heterocycles. The summed E-state index contributed by atoms with van der Waals surface area (Å²) in [5.41, 5.74) is 2.12. The first-order chi connectivity index (χ1) is 9.65. The monoisotopic (exact) mass is 285 g/mol. The molecule has 2 aromatic carbocycles. The summed E-state index contributed by atoms with van der Waals surface area (Å²) in [5.74, 6) is -0.249. The van der Waals surface area contributed by atoms with E-state index >= 15 is 0 Å². The fourth-order valence-corrected chi connectivity index (χ4v) is 1.95. The Morgan fingerprint density at radius 2 is 2.00 bits per heavy atom. The molecule has 5 heteroatoms. The fourth-order valence-electron chi connectivity index (χ4n) is 1.79. The third-order valence-corrected chi connectivity index (χ3v) is 3.12. The molecule has 2 rings (SSSR count). The number of halogens is 1. The third kappa shape index (κ3) is 2.90. The van der Waals surface area contributed by atoms with Gasteiger partial charge in [-0.1, -0.05) is 23.7 Å². The highest BCUT2D eigenvalue weighted by molar-refractivity contribution is 6.31. The van der Waals surface area contributed by atoms with Crippen molar-refractivity contribution in [1.82, 2.24) is 0 Å². The first-order valence-corrected chi connectivity index (χ1v) is 6.31. The highest BCUT2D eigenvalue weighted by atomic mass is 35.5. The van der Waals surface area contributed by atoms with Crippen LogP contribution in [0.4, 0.5) is 11.4 Å². The average molecular weight is 286 g/mol. The Morgan fingerprint density at radius 3 is 2.70 bits per heavy atom. The van der Waals surface area contributed by atoms with Gasteiger partial charge in [-0.2, -0.15) is 5.26 Å². The van der Waals surface area contributed by atoms with E-state index < -0.39 is 0 Å². The van der Waals surface area contributed by atoms with Gasteiger partial charge in [-0.15, -0.1) is 0 Å². The Labute approximate surface area is 122 Å². The molecule has 0 aliphatic rings. The molecule has 4 nitrogen and oxygen atoms in total. The summed E-state index contributed by atoms with van der Waals surface area (Å²) < 4.78 is 0. The van der Waals surface area contributed by atoms with Crippen LogP contribution in [0, 0.1) is 11.3 Å². The van der Waals surface area contributed by atoms with Crippen LogP contribution in [-0.2, 0) is 0 Å². The molecule has 0 spiro atoms. The van der Waals surface area contributed by atoms with Crippen molar-refractivity contribution in [2.75, 3.05) is 17.7 Å². The molecule has 100 valence electrons. The SMILES string of the molecule is CNc1ccccc1C(=O)Nc1ccc(Cl)c(C#N)c1. The van der Waals surface area contributed by atoms with Crippen LogP contribution in [0.3, 0.4) is 0 Å². The molecule has 20 heavy (non-hydrogen) atoms. The average Bonchev–Trinajstić information content (AvgIpc) is 2.49. The number of amides is 1. The number of nitrogens with one attached hydrogen (secondary N) is 2. The summed E-state index contributed by atoms with van der Waals surface area (Å²) >= 11 is 5.85. The number of carbonyl (C=O) groups excluding carboxylic acids is 1. The Hall–Kier alpha value is -2.51. The van der Waals surface area contributed by atoms with Crippen molar-refractivity contribution >= 4 is 28.9 Å². The van der Waals surface area contributed by atoms with Crippen molar-refractivity contribution in [2.45, 2.75) is 0 Å². The van der Waals surface area contributed by atoms with Crippen molar-refractivity contribution in [1.29, 1.82) is 5.26 Å². The number of nitrogens with zero attached hydrogens (tertiary/aromatic N) is 1. The van der Waals surface area contributed by atoms with Gasteiger partial charge in [0, 0.05) is 18.4 Å². The number of benzene rings is 2. The second-order valence-electron chi connectivity index (χ2n) is 4.06. The van der Waals surface area contributed by atoms with Crippen molar-refractivity contribution in [3.63, 3.8) is 0 Å². The molecule has 2 aromatic rings. The van der Waals surface area contributed by atoms with Crippen molar-refractivity contribution < 1.29 is 4.79 Å². The van der Waals surface area contributed by atoms with Crippen LogP contribution in [0.2, 0.25) is 5.02 Å². The maximum absolute atomic E-state index is 12.2. The second-order valence-corrected chi connectivity index (χ2v) is 4.46. The summed E-state index contributed by atoms with van der Waals surface area (Å²) in [6.45, 7) is 0. The maximum Gasteiger partial charge on any atom is 0.257 e. The number of carbonyl (C=O) groups is 1. The van der Waals surface area contributed by atoms with Gasteiger partial charge in [-0.3, -0.25) is 4.79 Å². The van der Waals surface area contributed by atoms with Gasteiger partial charge in [0.15, 0.2) is 0 Å². The van der Waals surface area contributed by atoms with Crippen LogP contribution < -0.4 is 10.6 Å². The van der Waals surface area contributed by atoms with Crippen LogP contribution in [0.1, 0.15) is 15.9 Å². The summed E-state index contributed by atoms with van der Waals surface area (Å²) in [7, 11) is 1.75. The van der Waals surface area contributed by atoms with Gasteiger partial charge in [0.25, 0.3) is 5.91 Å². The van der Waals surface area contributed by atoms with Crippen molar-refractivity contribution in [3.8, 4) is 6.07 Å². The number of nitriles is 1. The number of para-hydroxylation sites is 1. The zero-order valence-electron chi connectivity index (χ0n) is 10.8. The first-order valence-electron chi connectivity index (χ1n) is 5.93. The minimum atomic E-state index is -0.249. The zero-order chi connectivity index (χ0) is 14.5. The minimum Gasteiger partial charge on any atom is -0.387 e. The van der Waals surface area contributed by atoms with Gasteiger partial charge in [0.2, 0.25) is 0 Å². The normalized spacial score (nSPS) is 9.65. The van der Waals surface area contributed by atoms with E-state index in [1.54, 1.807) is 37.4 Å². The lowest BCUT2D eigenvalue weighted by atomic mass is 10.1. The fraction of sp³-hybridized carbons (Fsp3) is 0.0667. The molecule has 2 N–H and O–H groups in total. The summed E-state index contributed by atoms with van der Waals surface area (Å²) in [4.78, 5) is 12.2. The lowest BCUT2D eigenvalue weighted by molar-refractivity contribution is 0.102. The van der Waals surface area contributed by atoms with Crippen LogP contribution in [0.25, 0.3) is 0 Å². The molecule has 1 amide bonds. The van der Waals surface area contributed by atoms with Gasteiger partial charge >= 0.3 is 0 Å². The number of anilines is 2. The lowest BCUT2D eigenvalue weighted by Crippen LogP contribution is -2.14. The van der Waals surface area contributed by atoms with E-state index in [4.69, 9.17) is 16.9 Å². The minimum absolute atomic E-state index is 0.249. The van der Waals surface area contributed by atoms with E-state index in [0.29, 0.717) is 21.8 Å². The third-order valence-electron chi connectivity index (χ3n) is 2.79. The lowest BCUT2D eigenvalue weighted by Gasteiger charge is -2.10. The van der Waals surface area contributed by atoms with E-state index in [1.807, 2.05) is 18.2 Å². The van der Waals surface area contributed by atoms with E-state index in [9.17, 15) is 4.79 Å². The molecule has 0 heterocycles. The highest BCUT2D eigenvalue weighted by Crippen LogP contribution is 2.21. The topological polar surface area (TPSA) is 64.9 Å². The molecule has 0 saturated heterocycles. The quantitative estimate of drug-likeness (QED) is 0.907. The second kappa shape index (κ2) is 6.09. The maximum atomic E-state index is 12.2. The zero-order valence-corrected chi connectivity index (χ0v) is 11.5. The Bertz CT molecular complexity index is 692. The Kier molecular flexibility index (Phi) is 4.24. The van der Waals surface area contributed by atoms with Crippen molar-refractivity contribution in [3.05, 3.63) is 58.6 Å². The van der Waals surface area contributed by atoms with E-state index in [-0.39, 0.29) is 5.91 Å². The Morgan fingerprint density at radius 1 is 1.25 bits per heavy atom. The van der Waals surface area contributed by atoms with E-state index in [2.05, 4.69) is 10.6 Å². The predicted molar refractivity (Wildman–Crippen MR) is 80.1 cm³/mol. The van der Waals surface area contributed by atoms with Crippen LogP contribution in [0.15, 0.2) is 42.5 Å². The molecular weight excluding hydrogens is 274 g/mol. The van der Waals surface area contributed by atoms with Gasteiger partial charge in [-0.25, -0.2) is 0 Å². The first kappa shape index (κ1) is 13.9. The van der Waals surface area contributed by atoms with Crippen LogP contribution in [0.5, 0.6) is 0 Å². The van der Waals surface area contributed by atoms with Crippen LogP contribution >= 0.6 is 11.6 Å². The predicted octanol–water partition coefficient (Wildman–Crippen LogP) is 3.51. The smallest absolute Gasteiger partial charge is 0.257 e. The standard InChI is InChI=1S/C15H12ClN3O/c1-18-14-5-3-2-4-12(14)15(20)19-11-6-7-13(16)10(8-11)9-17/h2-8,18H,1H3,(H,19,20). The molecule has 0 aromatic heterocycles. The summed E-state index contributed by atoms with van der Waals surface area (Å²) in [6.07, 6.45) is 0. The molecule has 0 bridgehead atoms. The van der Waals surface area contributed by atoms with Gasteiger partial charge in [0.05, 0.1) is 16.1 Å². The van der Waals surface area contributed by atoms with Crippen molar-refractivity contribution in [2.24, 2.45) is 0 Å². The summed E-state index contributed by atoms with van der Waals surface area (Å²) in [5, 5.41) is 15.0. The molecular formula is C15H12ClN3O. The molecule has 0 radical (unpaired) electrons. The Balaban J connectivity index is 2.26. The molecule has 0 unspecified atom stereocenters. The number of hydrogen-bond acceptors (Lipinski definition) is 3. The highest BCUT2D eigenvalue weighted by Gasteiger charge is 2.11. The summed E-state index contributed by atoms with van der Waals surface area (Å²) in [6, 6.07) is 13.9. The van der Waals surface area contributed by atoms with Gasteiger partial charge in [0.1, 0.15) is 6.07 Å². The molecule has 0 aliphatic carbocycles. The van der Waals surface area contributed by atoms with E-state index in [0.717, 1.165) is 5.69 Å². The van der Waals surface area contributed by atoms with Gasteiger partial charge < -0.3 is 10.6 Å². The van der Waals surface area contributed by atoms with E-state index in [1.165, 1.54) is 0 Å². The van der Waals surface area contributed by atoms with Gasteiger partial charge in [-0.05, 0) is 30.3 Å². The molecule has 0 saturated carbocycles. The molecule has 0 fully saturated rings. The number of rotatable bonds is 3. The van der Waals surface area contributed by atoms with Crippen LogP contribution in [-0.4, -0.2) is 13.0 Å². The number of hydrogen-bond donors (Lipinski definition) is 2. The molecule has 0 atom stereocenters. The largest absolute Gasteiger partial charge is 0.387 e.